The highest BCUT2D eigenvalue weighted by atomic mass is 35.5. The summed E-state index contributed by atoms with van der Waals surface area (Å²) in [5.41, 5.74) is 0.194. The molecule has 33 heavy (non-hydrogen) atoms. The van der Waals surface area contributed by atoms with Crippen molar-refractivity contribution < 1.29 is 17.6 Å². The minimum atomic E-state index is -4.26. The van der Waals surface area contributed by atoms with Crippen LogP contribution in [-0.2, 0) is 10.0 Å². The monoisotopic (exact) mass is 503 g/mol. The zero-order valence-corrected chi connectivity index (χ0v) is 19.0. The van der Waals surface area contributed by atoms with Gasteiger partial charge in [-0.1, -0.05) is 29.8 Å². The highest BCUT2D eigenvalue weighted by molar-refractivity contribution is 7.92. The van der Waals surface area contributed by atoms with Gasteiger partial charge in [0.05, 0.1) is 11.4 Å². The fourth-order valence-electron chi connectivity index (χ4n) is 2.74. The molecule has 8 nitrogen and oxygen atoms in total. The highest BCUT2D eigenvalue weighted by Gasteiger charge is 2.21. The van der Waals surface area contributed by atoms with Gasteiger partial charge in [0, 0.05) is 16.6 Å². The number of anilines is 4. The average Bonchev–Trinajstić information content (AvgIpc) is 3.25. The number of carbonyl (C=O) groups excluding carboxylic acids is 1. The molecule has 4 aromatic rings. The summed E-state index contributed by atoms with van der Waals surface area (Å²) < 4.78 is 41.6. The highest BCUT2D eigenvalue weighted by Crippen LogP contribution is 2.29. The topological polar surface area (TPSA) is 113 Å². The first-order valence-corrected chi connectivity index (χ1v) is 12.1. The van der Waals surface area contributed by atoms with Crippen LogP contribution in [0.3, 0.4) is 0 Å². The first-order valence-electron chi connectivity index (χ1n) is 9.34. The van der Waals surface area contributed by atoms with Gasteiger partial charge in [0.15, 0.2) is 5.13 Å². The standard InChI is InChI=1S/C21H15ClFN5O3S2/c22-13-8-9-15(28-33(30,31)18-6-2-1-5-14(18)23)16(11-13)25-20(29)17-12-32-21(26-17)27-19-7-3-4-10-24-19/h1-12,28H,(H,25,29)(H,24,26,27). The van der Waals surface area contributed by atoms with E-state index in [1.165, 1.54) is 47.0 Å². The van der Waals surface area contributed by atoms with E-state index in [0.717, 1.165) is 12.1 Å². The molecule has 0 aliphatic heterocycles. The van der Waals surface area contributed by atoms with Crippen LogP contribution in [0.25, 0.3) is 0 Å². The van der Waals surface area contributed by atoms with Crippen LogP contribution in [0.1, 0.15) is 10.5 Å². The van der Waals surface area contributed by atoms with Crippen LogP contribution in [-0.4, -0.2) is 24.3 Å². The Balaban J connectivity index is 1.55. The largest absolute Gasteiger partial charge is 0.319 e. The average molecular weight is 504 g/mol. The number of nitrogens with zero attached hydrogens (tertiary/aromatic N) is 2. The van der Waals surface area contributed by atoms with Crippen LogP contribution < -0.4 is 15.4 Å². The number of hydrogen-bond donors (Lipinski definition) is 3. The fourth-order valence-corrected chi connectivity index (χ4v) is 4.77. The molecule has 12 heteroatoms. The molecule has 2 heterocycles. The quantitative estimate of drug-likeness (QED) is 0.322. The summed E-state index contributed by atoms with van der Waals surface area (Å²) in [6, 6.07) is 14.5. The molecule has 0 spiro atoms. The Morgan fingerprint density at radius 2 is 1.82 bits per heavy atom. The van der Waals surface area contributed by atoms with Crippen molar-refractivity contribution in [3.05, 3.63) is 88.8 Å². The zero-order valence-electron chi connectivity index (χ0n) is 16.6. The maximum absolute atomic E-state index is 14.0. The normalized spacial score (nSPS) is 11.1. The first kappa shape index (κ1) is 22.6. The fraction of sp³-hybridized carbons (Fsp3) is 0. The molecule has 0 fully saturated rings. The molecule has 0 saturated heterocycles. The van der Waals surface area contributed by atoms with E-state index in [2.05, 4.69) is 25.3 Å². The van der Waals surface area contributed by atoms with E-state index < -0.39 is 26.6 Å². The predicted octanol–water partition coefficient (Wildman–Crippen LogP) is 5.13. The number of pyridine rings is 1. The Morgan fingerprint density at radius 3 is 2.58 bits per heavy atom. The molecule has 4 rings (SSSR count). The van der Waals surface area contributed by atoms with Crippen LogP contribution >= 0.6 is 22.9 Å². The summed E-state index contributed by atoms with van der Waals surface area (Å²) in [6.07, 6.45) is 1.62. The van der Waals surface area contributed by atoms with Gasteiger partial charge in [0.1, 0.15) is 22.2 Å². The number of halogens is 2. The molecule has 0 atom stereocenters. The van der Waals surface area contributed by atoms with Gasteiger partial charge in [-0.25, -0.2) is 22.8 Å². The SMILES string of the molecule is O=C(Nc1cc(Cl)ccc1NS(=O)(=O)c1ccccc1F)c1csc(Nc2ccccn2)n1. The first-order chi connectivity index (χ1) is 15.8. The third-order valence-electron chi connectivity index (χ3n) is 4.24. The number of benzene rings is 2. The number of amides is 1. The van der Waals surface area contributed by atoms with Crippen molar-refractivity contribution >= 4 is 61.2 Å². The zero-order chi connectivity index (χ0) is 23.4. The Hall–Kier alpha value is -3.54. The van der Waals surface area contributed by atoms with E-state index in [0.29, 0.717) is 10.9 Å². The second-order valence-electron chi connectivity index (χ2n) is 6.56. The van der Waals surface area contributed by atoms with Crippen LogP contribution in [0.2, 0.25) is 5.02 Å². The Kier molecular flexibility index (Phi) is 6.54. The molecule has 1 amide bonds. The van der Waals surface area contributed by atoms with Gasteiger partial charge in [0.2, 0.25) is 0 Å². The lowest BCUT2D eigenvalue weighted by atomic mass is 10.2. The minimum Gasteiger partial charge on any atom is -0.319 e. The van der Waals surface area contributed by atoms with Gasteiger partial charge >= 0.3 is 0 Å². The summed E-state index contributed by atoms with van der Waals surface area (Å²) in [7, 11) is -4.26. The second-order valence-corrected chi connectivity index (χ2v) is 9.50. The van der Waals surface area contributed by atoms with E-state index in [1.807, 2.05) is 0 Å². The Morgan fingerprint density at radius 1 is 1.03 bits per heavy atom. The van der Waals surface area contributed by atoms with Crippen LogP contribution in [0.5, 0.6) is 0 Å². The smallest absolute Gasteiger partial charge is 0.275 e. The van der Waals surface area contributed by atoms with Gasteiger partial charge in [-0.05, 0) is 42.5 Å². The number of nitrogens with one attached hydrogen (secondary N) is 3. The number of rotatable bonds is 7. The van der Waals surface area contributed by atoms with Crippen LogP contribution in [0.15, 0.2) is 77.1 Å². The van der Waals surface area contributed by atoms with Gasteiger partial charge in [-0.2, -0.15) is 0 Å². The molecule has 0 bridgehead atoms. The summed E-state index contributed by atoms with van der Waals surface area (Å²) in [6.45, 7) is 0. The van der Waals surface area contributed by atoms with Gasteiger partial charge in [-0.3, -0.25) is 9.52 Å². The third kappa shape index (κ3) is 5.45. The number of aromatic nitrogens is 2. The van der Waals surface area contributed by atoms with Crippen molar-refractivity contribution in [1.29, 1.82) is 0 Å². The molecule has 0 aliphatic rings. The molecule has 0 aliphatic carbocycles. The molecule has 168 valence electrons. The molecule has 2 aromatic carbocycles. The molecular formula is C21H15ClFN5O3S2. The van der Waals surface area contributed by atoms with Gasteiger partial charge in [0.25, 0.3) is 15.9 Å². The number of carbonyl (C=O) groups is 1. The molecular weight excluding hydrogens is 489 g/mol. The molecule has 3 N–H and O–H groups in total. The molecule has 0 radical (unpaired) electrons. The van der Waals surface area contributed by atoms with Crippen LogP contribution in [0.4, 0.5) is 26.7 Å². The number of thiazole rings is 1. The van der Waals surface area contributed by atoms with Crippen molar-refractivity contribution in [3.8, 4) is 0 Å². The van der Waals surface area contributed by atoms with E-state index in [9.17, 15) is 17.6 Å². The number of hydrogen-bond acceptors (Lipinski definition) is 7. The lowest BCUT2D eigenvalue weighted by Gasteiger charge is -2.14. The summed E-state index contributed by atoms with van der Waals surface area (Å²) in [5.74, 6) is -0.924. The summed E-state index contributed by atoms with van der Waals surface area (Å²) in [5, 5.41) is 7.82. The molecule has 0 unspecified atom stereocenters. The predicted molar refractivity (Wildman–Crippen MR) is 126 cm³/mol. The van der Waals surface area contributed by atoms with Crippen molar-refractivity contribution in [2.45, 2.75) is 4.90 Å². The minimum absolute atomic E-state index is 0.0121. The van der Waals surface area contributed by atoms with Crippen molar-refractivity contribution in [2.75, 3.05) is 15.4 Å². The van der Waals surface area contributed by atoms with E-state index in [4.69, 9.17) is 11.6 Å². The number of sulfonamides is 1. The summed E-state index contributed by atoms with van der Waals surface area (Å²) in [4.78, 5) is 20.6. The third-order valence-corrected chi connectivity index (χ3v) is 6.63. The van der Waals surface area contributed by atoms with Crippen molar-refractivity contribution in [2.24, 2.45) is 0 Å². The van der Waals surface area contributed by atoms with Crippen molar-refractivity contribution in [1.82, 2.24) is 9.97 Å². The Bertz CT molecular complexity index is 1410. The lowest BCUT2D eigenvalue weighted by Crippen LogP contribution is -2.18. The second kappa shape index (κ2) is 9.53. The van der Waals surface area contributed by atoms with E-state index in [1.54, 1.807) is 24.4 Å². The maximum Gasteiger partial charge on any atom is 0.275 e. The van der Waals surface area contributed by atoms with Crippen molar-refractivity contribution in [3.63, 3.8) is 0 Å². The van der Waals surface area contributed by atoms with E-state index in [-0.39, 0.29) is 22.1 Å². The molecule has 0 saturated carbocycles. The van der Waals surface area contributed by atoms with Gasteiger partial charge in [-0.15, -0.1) is 11.3 Å². The summed E-state index contributed by atoms with van der Waals surface area (Å²) >= 11 is 7.23. The lowest BCUT2D eigenvalue weighted by molar-refractivity contribution is 0.102. The van der Waals surface area contributed by atoms with Gasteiger partial charge < -0.3 is 10.6 Å². The van der Waals surface area contributed by atoms with E-state index >= 15 is 0 Å². The van der Waals surface area contributed by atoms with Crippen LogP contribution in [0, 0.1) is 5.82 Å². The molecule has 2 aromatic heterocycles. The Labute approximate surface area is 197 Å². The maximum atomic E-state index is 14.0.